The zero-order valence-electron chi connectivity index (χ0n) is 11.9. The average molecular weight is 286 g/mol. The number of hydrogen-bond acceptors (Lipinski definition) is 5. The Morgan fingerprint density at radius 3 is 2.90 bits per heavy atom. The number of para-hydroxylation sites is 2. The van der Waals surface area contributed by atoms with Crippen molar-refractivity contribution in [2.45, 2.75) is 19.6 Å². The van der Waals surface area contributed by atoms with Crippen LogP contribution in [-0.4, -0.2) is 29.3 Å². The Morgan fingerprint density at radius 2 is 2.05 bits per heavy atom. The molecule has 21 heavy (non-hydrogen) atoms. The molecule has 2 aromatic rings. The lowest BCUT2D eigenvalue weighted by Gasteiger charge is -2.26. The van der Waals surface area contributed by atoms with E-state index in [1.807, 2.05) is 31.2 Å². The first kappa shape index (κ1) is 13.7. The second-order valence-corrected chi connectivity index (χ2v) is 5.05. The first-order valence-corrected chi connectivity index (χ1v) is 6.97. The van der Waals surface area contributed by atoms with Crippen LogP contribution < -0.4 is 14.8 Å². The van der Waals surface area contributed by atoms with Gasteiger partial charge in [-0.1, -0.05) is 12.1 Å². The summed E-state index contributed by atoms with van der Waals surface area (Å²) in [6.45, 7) is 3.54. The number of fused-ring (bicyclic) bond motifs is 1. The van der Waals surface area contributed by atoms with E-state index in [-0.39, 0.29) is 11.9 Å². The normalized spacial score (nSPS) is 16.7. The van der Waals surface area contributed by atoms with Crippen molar-refractivity contribution in [3.8, 4) is 17.2 Å². The van der Waals surface area contributed by atoms with Crippen LogP contribution in [-0.2, 0) is 6.54 Å². The predicted octanol–water partition coefficient (Wildman–Crippen LogP) is 2.03. The Labute approximate surface area is 123 Å². The molecule has 0 aliphatic carbocycles. The van der Waals surface area contributed by atoms with Crippen molar-refractivity contribution in [1.82, 2.24) is 10.3 Å². The molecule has 110 valence electrons. The third kappa shape index (κ3) is 3.25. The van der Waals surface area contributed by atoms with Gasteiger partial charge in [0.2, 0.25) is 0 Å². The highest BCUT2D eigenvalue weighted by Gasteiger charge is 2.20. The van der Waals surface area contributed by atoms with Crippen molar-refractivity contribution in [2.24, 2.45) is 0 Å². The molecule has 2 N–H and O–H groups in total. The maximum atomic E-state index is 9.74. The van der Waals surface area contributed by atoms with Gasteiger partial charge < -0.3 is 19.9 Å². The molecular weight excluding hydrogens is 268 g/mol. The molecule has 1 atom stereocenters. The van der Waals surface area contributed by atoms with E-state index in [9.17, 15) is 5.11 Å². The van der Waals surface area contributed by atoms with E-state index in [1.165, 1.54) is 0 Å². The van der Waals surface area contributed by atoms with Crippen molar-refractivity contribution in [3.05, 3.63) is 47.8 Å². The molecule has 0 radical (unpaired) electrons. The quantitative estimate of drug-likeness (QED) is 0.900. The summed E-state index contributed by atoms with van der Waals surface area (Å²) in [7, 11) is 0. The zero-order valence-corrected chi connectivity index (χ0v) is 11.9. The van der Waals surface area contributed by atoms with E-state index in [0.29, 0.717) is 25.4 Å². The van der Waals surface area contributed by atoms with E-state index >= 15 is 0 Å². The first-order valence-electron chi connectivity index (χ1n) is 6.97. The number of aromatic hydroxyl groups is 1. The third-order valence-corrected chi connectivity index (χ3v) is 3.32. The van der Waals surface area contributed by atoms with Crippen molar-refractivity contribution >= 4 is 0 Å². The summed E-state index contributed by atoms with van der Waals surface area (Å²) in [4.78, 5) is 4.31. The summed E-state index contributed by atoms with van der Waals surface area (Å²) in [5, 5.41) is 13.0. The Kier molecular flexibility index (Phi) is 3.92. The summed E-state index contributed by atoms with van der Waals surface area (Å²) in [6.07, 6.45) is -0.0492. The smallest absolute Gasteiger partial charge is 0.161 e. The van der Waals surface area contributed by atoms with Gasteiger partial charge in [-0.05, 0) is 31.2 Å². The largest absolute Gasteiger partial charge is 0.506 e. The number of aryl methyl sites for hydroxylation is 1. The van der Waals surface area contributed by atoms with E-state index in [2.05, 4.69) is 10.3 Å². The fourth-order valence-corrected chi connectivity index (χ4v) is 2.25. The van der Waals surface area contributed by atoms with Gasteiger partial charge >= 0.3 is 0 Å². The van der Waals surface area contributed by atoms with Gasteiger partial charge in [0.25, 0.3) is 0 Å². The minimum Gasteiger partial charge on any atom is -0.506 e. The highest BCUT2D eigenvalue weighted by molar-refractivity contribution is 5.40. The maximum Gasteiger partial charge on any atom is 0.161 e. The van der Waals surface area contributed by atoms with E-state index in [0.717, 1.165) is 17.2 Å². The van der Waals surface area contributed by atoms with Crippen molar-refractivity contribution < 1.29 is 14.6 Å². The molecule has 5 nitrogen and oxygen atoms in total. The molecule has 0 bridgehead atoms. The number of nitrogens with one attached hydrogen (secondary N) is 1. The molecule has 0 saturated carbocycles. The lowest BCUT2D eigenvalue weighted by molar-refractivity contribution is 0.0901. The van der Waals surface area contributed by atoms with Gasteiger partial charge in [-0.15, -0.1) is 0 Å². The number of hydrogen-bond donors (Lipinski definition) is 2. The topological polar surface area (TPSA) is 63.6 Å². The predicted molar refractivity (Wildman–Crippen MR) is 78.7 cm³/mol. The molecule has 0 spiro atoms. The molecule has 0 saturated heterocycles. The standard InChI is InChI=1S/C16H18N2O3/c1-11-6-7-14(19)13(18-11)9-17-8-12-10-20-15-4-2-3-5-16(15)21-12/h2-7,12,17,19H,8-10H2,1H3/t12-/m1/s1. The van der Waals surface area contributed by atoms with E-state index < -0.39 is 0 Å². The van der Waals surface area contributed by atoms with Gasteiger partial charge in [-0.2, -0.15) is 0 Å². The van der Waals surface area contributed by atoms with Crippen LogP contribution in [0.4, 0.5) is 0 Å². The van der Waals surface area contributed by atoms with Gasteiger partial charge in [0.05, 0.1) is 5.69 Å². The second-order valence-electron chi connectivity index (χ2n) is 5.05. The first-order chi connectivity index (χ1) is 10.2. The monoisotopic (exact) mass is 286 g/mol. The highest BCUT2D eigenvalue weighted by atomic mass is 16.6. The zero-order chi connectivity index (χ0) is 14.7. The lowest BCUT2D eigenvalue weighted by atomic mass is 10.2. The molecule has 1 aromatic carbocycles. The molecule has 0 amide bonds. The van der Waals surface area contributed by atoms with Crippen molar-refractivity contribution in [3.63, 3.8) is 0 Å². The van der Waals surface area contributed by atoms with Crippen LogP contribution in [0.3, 0.4) is 0 Å². The summed E-state index contributed by atoms with van der Waals surface area (Å²) in [6, 6.07) is 11.1. The van der Waals surface area contributed by atoms with Crippen LogP contribution in [0, 0.1) is 6.92 Å². The molecule has 1 aliphatic rings. The SMILES string of the molecule is Cc1ccc(O)c(CNC[C@@H]2COc3ccccc3O2)n1. The summed E-state index contributed by atoms with van der Waals surface area (Å²) in [5.74, 6) is 1.76. The Hall–Kier alpha value is -2.27. The van der Waals surface area contributed by atoms with Crippen LogP contribution in [0.25, 0.3) is 0 Å². The molecule has 1 aliphatic heterocycles. The number of ether oxygens (including phenoxy) is 2. The van der Waals surface area contributed by atoms with Crippen LogP contribution >= 0.6 is 0 Å². The van der Waals surface area contributed by atoms with Crippen LogP contribution in [0.1, 0.15) is 11.4 Å². The molecule has 2 heterocycles. The number of pyridine rings is 1. The van der Waals surface area contributed by atoms with Crippen molar-refractivity contribution in [1.29, 1.82) is 0 Å². The fraction of sp³-hybridized carbons (Fsp3) is 0.312. The van der Waals surface area contributed by atoms with Gasteiger partial charge in [0, 0.05) is 18.8 Å². The number of rotatable bonds is 4. The van der Waals surface area contributed by atoms with Gasteiger partial charge in [0.15, 0.2) is 11.5 Å². The second kappa shape index (κ2) is 6.01. The fourth-order valence-electron chi connectivity index (χ4n) is 2.25. The van der Waals surface area contributed by atoms with Crippen LogP contribution in [0.15, 0.2) is 36.4 Å². The Morgan fingerprint density at radius 1 is 1.24 bits per heavy atom. The minimum atomic E-state index is -0.0492. The van der Waals surface area contributed by atoms with E-state index in [1.54, 1.807) is 12.1 Å². The highest BCUT2D eigenvalue weighted by Crippen LogP contribution is 2.30. The minimum absolute atomic E-state index is 0.0492. The number of aromatic nitrogens is 1. The Bertz CT molecular complexity index is 631. The van der Waals surface area contributed by atoms with Crippen molar-refractivity contribution in [2.75, 3.05) is 13.2 Å². The van der Waals surface area contributed by atoms with E-state index in [4.69, 9.17) is 9.47 Å². The molecule has 5 heteroatoms. The molecular formula is C16H18N2O3. The lowest BCUT2D eigenvalue weighted by Crippen LogP contribution is -2.38. The van der Waals surface area contributed by atoms with Crippen LogP contribution in [0.2, 0.25) is 0 Å². The third-order valence-electron chi connectivity index (χ3n) is 3.32. The number of benzene rings is 1. The Balaban J connectivity index is 1.54. The molecule has 1 aromatic heterocycles. The molecule has 0 fully saturated rings. The summed E-state index contributed by atoms with van der Waals surface area (Å²) >= 11 is 0. The number of nitrogens with zero attached hydrogens (tertiary/aromatic N) is 1. The molecule has 3 rings (SSSR count). The summed E-state index contributed by atoms with van der Waals surface area (Å²) < 4.78 is 11.5. The van der Waals surface area contributed by atoms with Gasteiger partial charge in [-0.25, -0.2) is 0 Å². The maximum absolute atomic E-state index is 9.74. The molecule has 0 unspecified atom stereocenters. The van der Waals surface area contributed by atoms with Gasteiger partial charge in [-0.3, -0.25) is 4.98 Å². The van der Waals surface area contributed by atoms with Gasteiger partial charge in [0.1, 0.15) is 18.5 Å². The van der Waals surface area contributed by atoms with Crippen LogP contribution in [0.5, 0.6) is 17.2 Å². The average Bonchev–Trinajstić information content (AvgIpc) is 2.50. The summed E-state index contributed by atoms with van der Waals surface area (Å²) in [5.41, 5.74) is 1.53.